The molecule has 0 aromatic heterocycles. The average molecular weight is 546 g/mol. The van der Waals surface area contributed by atoms with Crippen LogP contribution in [0, 0.1) is 5.82 Å². The Hall–Kier alpha value is -4.18. The fourth-order valence-corrected chi connectivity index (χ4v) is 4.48. The Kier molecular flexibility index (Phi) is 7.52. The summed E-state index contributed by atoms with van der Waals surface area (Å²) in [6.07, 6.45) is -9.84. The molecule has 10 heteroatoms. The minimum atomic E-state index is -4.98. The number of halogens is 7. The summed E-state index contributed by atoms with van der Waals surface area (Å²) in [4.78, 5) is 12.2. The van der Waals surface area contributed by atoms with Gasteiger partial charge in [-0.1, -0.05) is 54.6 Å². The van der Waals surface area contributed by atoms with Crippen LogP contribution in [0.4, 0.5) is 30.7 Å². The quantitative estimate of drug-likeness (QED) is 0.249. The third kappa shape index (κ3) is 5.80. The Morgan fingerprint density at radius 2 is 1.44 bits per heavy atom. The van der Waals surface area contributed by atoms with Gasteiger partial charge in [-0.25, -0.2) is 4.39 Å². The van der Waals surface area contributed by atoms with Gasteiger partial charge in [0.2, 0.25) is 5.91 Å². The summed E-state index contributed by atoms with van der Waals surface area (Å²) in [5, 5.41) is 0. The number of carbonyl (C=O) groups is 1. The highest BCUT2D eigenvalue weighted by molar-refractivity contribution is 5.98. The fraction of sp³-hybridized carbons (Fsp3) is 0.138. The summed E-state index contributed by atoms with van der Waals surface area (Å²) < 4.78 is 98.2. The van der Waals surface area contributed by atoms with Crippen LogP contribution in [-0.2, 0) is 25.3 Å². The van der Waals surface area contributed by atoms with Crippen molar-refractivity contribution < 1.29 is 35.5 Å². The summed E-state index contributed by atoms with van der Waals surface area (Å²) in [6, 6.07) is 16.4. The second-order valence-electron chi connectivity index (χ2n) is 8.83. The zero-order chi connectivity index (χ0) is 28.5. The van der Waals surface area contributed by atoms with Crippen LogP contribution < -0.4 is 11.5 Å². The Morgan fingerprint density at radius 3 is 2.03 bits per heavy atom. The highest BCUT2D eigenvalue weighted by Gasteiger charge is 2.37. The van der Waals surface area contributed by atoms with Crippen LogP contribution in [-0.4, -0.2) is 5.91 Å². The Bertz CT molecular complexity index is 1530. The molecule has 4 N–H and O–H groups in total. The van der Waals surface area contributed by atoms with Gasteiger partial charge in [-0.05, 0) is 58.5 Å². The molecular weight excluding hydrogens is 525 g/mol. The average Bonchev–Trinajstić information content (AvgIpc) is 2.87. The van der Waals surface area contributed by atoms with E-state index in [0.717, 1.165) is 24.3 Å². The SMILES string of the molecule is NCc1ccc(C(F)(F)F)c(-c2cc(C(N)=O)cc(Cc3cccc(C(F)(F)F)c3)c2-c2ccccc2)c1F. The molecule has 0 aliphatic carbocycles. The molecule has 4 aromatic rings. The molecule has 4 aromatic carbocycles. The molecule has 0 saturated heterocycles. The Labute approximate surface area is 218 Å². The maximum atomic E-state index is 15.7. The van der Waals surface area contributed by atoms with Crippen molar-refractivity contribution in [3.05, 3.63) is 118 Å². The Balaban J connectivity index is 2.11. The van der Waals surface area contributed by atoms with Crippen LogP contribution in [0.5, 0.6) is 0 Å². The summed E-state index contributed by atoms with van der Waals surface area (Å²) in [7, 11) is 0. The monoisotopic (exact) mass is 546 g/mol. The lowest BCUT2D eigenvalue weighted by atomic mass is 9.84. The zero-order valence-corrected chi connectivity index (χ0v) is 20.1. The second kappa shape index (κ2) is 10.5. The van der Waals surface area contributed by atoms with Gasteiger partial charge in [-0.2, -0.15) is 26.3 Å². The molecule has 0 aliphatic heterocycles. The standard InChI is InChI=1S/C29H21F7N2O/c30-26-18(15-37)9-10-23(29(34,35)36)25(26)22-14-20(27(38)39)13-19(24(22)17-6-2-1-3-7-17)11-16-5-4-8-21(12-16)28(31,32)33/h1-10,12-14H,11,15,37H2,(H2,38,39). The molecule has 0 spiro atoms. The van der Waals surface area contributed by atoms with Crippen molar-refractivity contribution in [3.63, 3.8) is 0 Å². The van der Waals surface area contributed by atoms with E-state index in [0.29, 0.717) is 11.6 Å². The van der Waals surface area contributed by atoms with E-state index < -0.39 is 47.3 Å². The minimum Gasteiger partial charge on any atom is -0.366 e. The molecule has 0 bridgehead atoms. The lowest BCUT2D eigenvalue weighted by Gasteiger charge is -2.22. The minimum absolute atomic E-state index is 0.108. The predicted octanol–water partition coefficient (Wildman–Crippen LogP) is 7.35. The topological polar surface area (TPSA) is 69.1 Å². The van der Waals surface area contributed by atoms with Crippen LogP contribution in [0.3, 0.4) is 0 Å². The van der Waals surface area contributed by atoms with Gasteiger partial charge in [0.25, 0.3) is 0 Å². The van der Waals surface area contributed by atoms with Crippen LogP contribution in [0.25, 0.3) is 22.3 Å². The van der Waals surface area contributed by atoms with Crippen molar-refractivity contribution >= 4 is 5.91 Å². The highest BCUT2D eigenvalue weighted by Crippen LogP contribution is 2.45. The molecule has 0 unspecified atom stereocenters. The molecule has 4 rings (SSSR count). The number of primary amides is 1. The number of hydrogen-bond acceptors (Lipinski definition) is 2. The van der Waals surface area contributed by atoms with Crippen molar-refractivity contribution in [3.8, 4) is 22.3 Å². The van der Waals surface area contributed by atoms with Crippen molar-refractivity contribution in [1.82, 2.24) is 0 Å². The van der Waals surface area contributed by atoms with E-state index in [1.165, 1.54) is 18.2 Å². The van der Waals surface area contributed by atoms with Gasteiger partial charge >= 0.3 is 12.4 Å². The molecule has 202 valence electrons. The number of benzene rings is 4. The van der Waals surface area contributed by atoms with Gasteiger partial charge in [0.1, 0.15) is 5.82 Å². The first kappa shape index (κ1) is 27.8. The van der Waals surface area contributed by atoms with E-state index >= 15 is 4.39 Å². The zero-order valence-electron chi connectivity index (χ0n) is 20.1. The third-order valence-corrected chi connectivity index (χ3v) is 6.23. The number of amides is 1. The lowest BCUT2D eigenvalue weighted by Crippen LogP contribution is -2.15. The Morgan fingerprint density at radius 1 is 0.744 bits per heavy atom. The van der Waals surface area contributed by atoms with Gasteiger partial charge in [0, 0.05) is 23.2 Å². The number of rotatable bonds is 6. The summed E-state index contributed by atoms with van der Waals surface area (Å²) in [5.74, 6) is -2.23. The summed E-state index contributed by atoms with van der Waals surface area (Å²) in [5.41, 5.74) is 8.09. The molecule has 0 heterocycles. The smallest absolute Gasteiger partial charge is 0.366 e. The number of alkyl halides is 6. The molecule has 0 atom stereocenters. The van der Waals surface area contributed by atoms with Gasteiger partial charge in [-0.3, -0.25) is 4.79 Å². The van der Waals surface area contributed by atoms with Crippen molar-refractivity contribution in [2.45, 2.75) is 25.3 Å². The first-order valence-electron chi connectivity index (χ1n) is 11.6. The largest absolute Gasteiger partial charge is 0.417 e. The molecule has 0 aliphatic rings. The van der Waals surface area contributed by atoms with Crippen LogP contribution >= 0.6 is 0 Å². The van der Waals surface area contributed by atoms with E-state index in [1.54, 1.807) is 30.3 Å². The van der Waals surface area contributed by atoms with Crippen molar-refractivity contribution in [1.29, 1.82) is 0 Å². The van der Waals surface area contributed by atoms with E-state index in [9.17, 15) is 31.1 Å². The van der Waals surface area contributed by atoms with Crippen LogP contribution in [0.15, 0.2) is 78.9 Å². The molecule has 0 saturated carbocycles. The summed E-state index contributed by atoms with van der Waals surface area (Å²) in [6.45, 7) is -0.399. The molecule has 0 radical (unpaired) electrons. The second-order valence-corrected chi connectivity index (χ2v) is 8.83. The number of hydrogen-bond donors (Lipinski definition) is 2. The lowest BCUT2D eigenvalue weighted by molar-refractivity contribution is -0.138. The number of nitrogens with two attached hydrogens (primary N) is 2. The first-order chi connectivity index (χ1) is 18.3. The third-order valence-electron chi connectivity index (χ3n) is 6.23. The molecule has 0 fully saturated rings. The maximum absolute atomic E-state index is 15.7. The predicted molar refractivity (Wildman–Crippen MR) is 133 cm³/mol. The van der Waals surface area contributed by atoms with Gasteiger partial charge in [-0.15, -0.1) is 0 Å². The van der Waals surface area contributed by atoms with Crippen molar-refractivity contribution in [2.24, 2.45) is 11.5 Å². The maximum Gasteiger partial charge on any atom is 0.417 e. The first-order valence-corrected chi connectivity index (χ1v) is 11.6. The summed E-state index contributed by atoms with van der Waals surface area (Å²) >= 11 is 0. The molecular formula is C29H21F7N2O. The van der Waals surface area contributed by atoms with E-state index in [-0.39, 0.29) is 39.8 Å². The molecule has 1 amide bonds. The van der Waals surface area contributed by atoms with Gasteiger partial charge < -0.3 is 11.5 Å². The molecule has 3 nitrogen and oxygen atoms in total. The highest BCUT2D eigenvalue weighted by atomic mass is 19.4. The van der Waals surface area contributed by atoms with Crippen LogP contribution in [0.1, 0.15) is 38.2 Å². The molecule has 39 heavy (non-hydrogen) atoms. The van der Waals surface area contributed by atoms with E-state index in [1.807, 2.05) is 0 Å². The number of carbonyl (C=O) groups excluding carboxylic acids is 1. The fourth-order valence-electron chi connectivity index (χ4n) is 4.48. The van der Waals surface area contributed by atoms with Gasteiger partial charge in [0.05, 0.1) is 11.1 Å². The van der Waals surface area contributed by atoms with E-state index in [4.69, 9.17) is 11.5 Å². The van der Waals surface area contributed by atoms with Gasteiger partial charge in [0.15, 0.2) is 0 Å². The van der Waals surface area contributed by atoms with E-state index in [2.05, 4.69) is 0 Å². The van der Waals surface area contributed by atoms with Crippen molar-refractivity contribution in [2.75, 3.05) is 0 Å². The van der Waals surface area contributed by atoms with Crippen LogP contribution in [0.2, 0.25) is 0 Å². The normalized spacial score (nSPS) is 12.0.